The maximum atomic E-state index is 12.2. The van der Waals surface area contributed by atoms with Crippen LogP contribution in [-0.4, -0.2) is 20.3 Å². The van der Waals surface area contributed by atoms with Gasteiger partial charge in [-0.3, -0.25) is 9.36 Å². The molecule has 128 valence electrons. The first-order valence-corrected chi connectivity index (χ1v) is 8.13. The lowest BCUT2D eigenvalue weighted by Crippen LogP contribution is -2.29. The lowest BCUT2D eigenvalue weighted by atomic mass is 9.82. The van der Waals surface area contributed by atoms with E-state index in [0.29, 0.717) is 0 Å². The number of anilines is 1. The molecule has 0 radical (unpaired) electrons. The van der Waals surface area contributed by atoms with Crippen molar-refractivity contribution in [2.75, 3.05) is 5.32 Å². The second-order valence-corrected chi connectivity index (χ2v) is 7.94. The van der Waals surface area contributed by atoms with E-state index in [1.54, 1.807) is 7.05 Å². The Morgan fingerprint density at radius 2 is 1.88 bits per heavy atom. The van der Waals surface area contributed by atoms with E-state index in [9.17, 15) is 9.59 Å². The van der Waals surface area contributed by atoms with E-state index in [0.717, 1.165) is 16.8 Å². The molecular formula is C18H24N4O2. The minimum absolute atomic E-state index is 0.0808. The van der Waals surface area contributed by atoms with Crippen LogP contribution in [0.4, 0.5) is 5.69 Å². The highest BCUT2D eigenvalue weighted by atomic mass is 16.2. The number of hydrogen-bond donors (Lipinski definition) is 1. The predicted molar refractivity (Wildman–Crippen MR) is 93.2 cm³/mol. The van der Waals surface area contributed by atoms with Crippen molar-refractivity contribution >= 4 is 11.6 Å². The topological polar surface area (TPSA) is 68.9 Å². The van der Waals surface area contributed by atoms with Crippen molar-refractivity contribution in [3.8, 4) is 0 Å². The van der Waals surface area contributed by atoms with Gasteiger partial charge in [-0.05, 0) is 40.5 Å². The zero-order valence-corrected chi connectivity index (χ0v) is 14.9. The van der Waals surface area contributed by atoms with Crippen molar-refractivity contribution in [1.29, 1.82) is 0 Å². The summed E-state index contributed by atoms with van der Waals surface area (Å²) in [7, 11) is 1.61. The number of hydrogen-bond acceptors (Lipinski definition) is 3. The zero-order chi connectivity index (χ0) is 17.7. The fraction of sp³-hybridized carbons (Fsp3) is 0.500. The second-order valence-electron chi connectivity index (χ2n) is 7.94. The molecule has 3 rings (SSSR count). The average Bonchev–Trinajstić information content (AvgIpc) is 2.86. The minimum atomic E-state index is -0.304. The fourth-order valence-electron chi connectivity index (χ4n) is 3.93. The Morgan fingerprint density at radius 1 is 1.21 bits per heavy atom. The zero-order valence-electron chi connectivity index (χ0n) is 14.9. The highest BCUT2D eigenvalue weighted by Gasteiger charge is 2.41. The van der Waals surface area contributed by atoms with Gasteiger partial charge in [-0.15, -0.1) is 0 Å². The van der Waals surface area contributed by atoms with E-state index < -0.39 is 0 Å². The standard InChI is InChI=1S/C18H24N4O2/c1-17(2)10-18(3,4)14-8-12(6-7-13(14)17)20-15(23)9-22-16(24)21(5)11-19-22/h6-8,11H,9-10H2,1-5H3,(H,20,23). The summed E-state index contributed by atoms with van der Waals surface area (Å²) in [6.07, 6.45) is 2.48. The Hall–Kier alpha value is -2.37. The number of benzene rings is 1. The molecular weight excluding hydrogens is 304 g/mol. The quantitative estimate of drug-likeness (QED) is 0.939. The molecule has 1 amide bonds. The highest BCUT2D eigenvalue weighted by molar-refractivity contribution is 5.90. The van der Waals surface area contributed by atoms with E-state index in [1.807, 2.05) is 6.07 Å². The molecule has 0 atom stereocenters. The number of carbonyl (C=O) groups is 1. The van der Waals surface area contributed by atoms with Gasteiger partial charge < -0.3 is 5.32 Å². The number of amides is 1. The lowest BCUT2D eigenvalue weighted by molar-refractivity contribution is -0.117. The van der Waals surface area contributed by atoms with Crippen molar-refractivity contribution in [2.45, 2.75) is 51.5 Å². The molecule has 1 aromatic carbocycles. The Kier molecular flexibility index (Phi) is 3.66. The molecule has 0 saturated carbocycles. The van der Waals surface area contributed by atoms with E-state index in [-0.39, 0.29) is 29.0 Å². The number of rotatable bonds is 3. The van der Waals surface area contributed by atoms with Gasteiger partial charge >= 0.3 is 5.69 Å². The smallest absolute Gasteiger partial charge is 0.324 e. The lowest BCUT2D eigenvalue weighted by Gasteiger charge is -2.22. The maximum Gasteiger partial charge on any atom is 0.345 e. The van der Waals surface area contributed by atoms with Crippen molar-refractivity contribution in [3.63, 3.8) is 0 Å². The molecule has 1 heterocycles. The summed E-state index contributed by atoms with van der Waals surface area (Å²) >= 11 is 0. The molecule has 0 bridgehead atoms. The predicted octanol–water partition coefficient (Wildman–Crippen LogP) is 2.18. The Morgan fingerprint density at radius 3 is 2.50 bits per heavy atom. The van der Waals surface area contributed by atoms with Crippen molar-refractivity contribution in [3.05, 3.63) is 46.1 Å². The third-order valence-corrected chi connectivity index (χ3v) is 4.83. The molecule has 6 heteroatoms. The van der Waals surface area contributed by atoms with Crippen LogP contribution in [0.3, 0.4) is 0 Å². The van der Waals surface area contributed by atoms with E-state index in [2.05, 4.69) is 50.2 Å². The molecule has 1 aromatic heterocycles. The normalized spacial score (nSPS) is 17.5. The highest BCUT2D eigenvalue weighted by Crippen LogP contribution is 2.49. The van der Waals surface area contributed by atoms with Crippen LogP contribution in [0.2, 0.25) is 0 Å². The molecule has 2 aromatic rings. The van der Waals surface area contributed by atoms with Crippen LogP contribution in [-0.2, 0) is 29.2 Å². The molecule has 24 heavy (non-hydrogen) atoms. The monoisotopic (exact) mass is 328 g/mol. The van der Waals surface area contributed by atoms with Crippen LogP contribution in [0.15, 0.2) is 29.3 Å². The van der Waals surface area contributed by atoms with Crippen LogP contribution in [0.25, 0.3) is 0 Å². The van der Waals surface area contributed by atoms with Crippen LogP contribution in [0.1, 0.15) is 45.2 Å². The fourth-order valence-corrected chi connectivity index (χ4v) is 3.93. The first-order chi connectivity index (χ1) is 11.1. The Bertz CT molecular complexity index is 858. The van der Waals surface area contributed by atoms with Gasteiger partial charge in [0.05, 0.1) is 0 Å². The molecule has 1 N–H and O–H groups in total. The Labute approximate surface area is 141 Å². The first-order valence-electron chi connectivity index (χ1n) is 8.13. The number of nitrogens with one attached hydrogen (secondary N) is 1. The number of nitrogens with zero attached hydrogens (tertiary/aromatic N) is 3. The van der Waals surface area contributed by atoms with Crippen LogP contribution >= 0.6 is 0 Å². The number of carbonyl (C=O) groups excluding carboxylic acids is 1. The van der Waals surface area contributed by atoms with Gasteiger partial charge in [-0.25, -0.2) is 9.48 Å². The van der Waals surface area contributed by atoms with E-state index in [1.165, 1.54) is 22.0 Å². The maximum absolute atomic E-state index is 12.2. The summed E-state index contributed by atoms with van der Waals surface area (Å²) in [5, 5.41) is 6.78. The summed E-state index contributed by atoms with van der Waals surface area (Å²) in [4.78, 5) is 24.0. The van der Waals surface area contributed by atoms with Crippen LogP contribution in [0, 0.1) is 0 Å². The molecule has 1 aliphatic rings. The van der Waals surface area contributed by atoms with Gasteiger partial charge in [-0.2, -0.15) is 5.10 Å². The van der Waals surface area contributed by atoms with E-state index in [4.69, 9.17) is 0 Å². The number of aryl methyl sites for hydroxylation is 1. The molecule has 1 aliphatic carbocycles. The van der Waals surface area contributed by atoms with Crippen molar-refractivity contribution in [2.24, 2.45) is 7.05 Å². The first kappa shape index (κ1) is 16.5. The van der Waals surface area contributed by atoms with Gasteiger partial charge in [0.15, 0.2) is 0 Å². The molecule has 0 aliphatic heterocycles. The molecule has 0 unspecified atom stereocenters. The van der Waals surface area contributed by atoms with Gasteiger partial charge in [0, 0.05) is 12.7 Å². The van der Waals surface area contributed by atoms with Gasteiger partial charge in [0.2, 0.25) is 5.91 Å². The summed E-state index contributed by atoms with van der Waals surface area (Å²) in [6.45, 7) is 8.89. The third kappa shape index (κ3) is 2.77. The van der Waals surface area contributed by atoms with Crippen LogP contribution < -0.4 is 11.0 Å². The second kappa shape index (κ2) is 5.33. The minimum Gasteiger partial charge on any atom is -0.324 e. The summed E-state index contributed by atoms with van der Waals surface area (Å²) in [6, 6.07) is 6.09. The SMILES string of the molecule is Cn1cnn(CC(=O)Nc2ccc3c(c2)C(C)(C)CC3(C)C)c1=O. The largest absolute Gasteiger partial charge is 0.345 e. The van der Waals surface area contributed by atoms with Gasteiger partial charge in [-0.1, -0.05) is 33.8 Å². The van der Waals surface area contributed by atoms with Crippen molar-refractivity contribution < 1.29 is 4.79 Å². The average molecular weight is 328 g/mol. The summed E-state index contributed by atoms with van der Waals surface area (Å²) in [5.41, 5.74) is 3.29. The summed E-state index contributed by atoms with van der Waals surface area (Å²) in [5.74, 6) is -0.259. The Balaban J connectivity index is 1.81. The molecule has 0 saturated heterocycles. The van der Waals surface area contributed by atoms with Gasteiger partial charge in [0.1, 0.15) is 12.9 Å². The molecule has 0 spiro atoms. The van der Waals surface area contributed by atoms with E-state index >= 15 is 0 Å². The van der Waals surface area contributed by atoms with Gasteiger partial charge in [0.25, 0.3) is 0 Å². The molecule has 0 fully saturated rings. The van der Waals surface area contributed by atoms with Crippen molar-refractivity contribution in [1.82, 2.24) is 14.3 Å². The number of fused-ring (bicyclic) bond motifs is 1. The molecule has 6 nitrogen and oxygen atoms in total. The number of aromatic nitrogens is 3. The summed E-state index contributed by atoms with van der Waals surface area (Å²) < 4.78 is 2.49. The third-order valence-electron chi connectivity index (χ3n) is 4.83. The van der Waals surface area contributed by atoms with Crippen LogP contribution in [0.5, 0.6) is 0 Å².